The van der Waals surface area contributed by atoms with Crippen LogP contribution in [-0.2, 0) is 15.7 Å². The van der Waals surface area contributed by atoms with Crippen molar-refractivity contribution in [3.8, 4) is 17.0 Å². The lowest BCUT2D eigenvalue weighted by Crippen LogP contribution is -2.37. The normalized spacial score (nSPS) is 14.7. The molecule has 0 radical (unpaired) electrons. The molecule has 1 aliphatic heterocycles. The summed E-state index contributed by atoms with van der Waals surface area (Å²) in [5, 5.41) is 0.405. The van der Waals surface area contributed by atoms with Gasteiger partial charge in [0.05, 0.1) is 31.1 Å². The van der Waals surface area contributed by atoms with E-state index in [1.165, 1.54) is 6.20 Å². The molecule has 1 unspecified atom stereocenters. The van der Waals surface area contributed by atoms with Crippen LogP contribution in [0.4, 0.5) is 14.5 Å². The first kappa shape index (κ1) is 28.8. The Kier molecular flexibility index (Phi) is 9.32. The first-order chi connectivity index (χ1) is 19.9. The third-order valence-corrected chi connectivity index (χ3v) is 7.98. The van der Waals surface area contributed by atoms with Crippen molar-refractivity contribution in [3.63, 3.8) is 0 Å². The number of benzene rings is 1. The summed E-state index contributed by atoms with van der Waals surface area (Å²) >= 11 is 0. The Balaban J connectivity index is 1.31. The van der Waals surface area contributed by atoms with E-state index in [1.807, 2.05) is 13.0 Å². The minimum atomic E-state index is -1.56. The first-order valence-electron chi connectivity index (χ1n) is 13.5. The van der Waals surface area contributed by atoms with Crippen LogP contribution in [-0.4, -0.2) is 75.1 Å². The smallest absolute Gasteiger partial charge is 0.213 e. The molecule has 1 fully saturated rings. The highest BCUT2D eigenvalue weighted by atomic mass is 32.2. The van der Waals surface area contributed by atoms with Crippen molar-refractivity contribution in [1.82, 2.24) is 19.9 Å². The maximum atomic E-state index is 15.3. The third-order valence-electron chi connectivity index (χ3n) is 6.75. The number of aromatic amines is 1. The summed E-state index contributed by atoms with van der Waals surface area (Å²) < 4.78 is 55.7. The zero-order valence-electron chi connectivity index (χ0n) is 22.6. The molecule has 4 heterocycles. The second-order valence-corrected chi connectivity index (χ2v) is 10.9. The number of nitrogens with one attached hydrogen (secondary N) is 2. The van der Waals surface area contributed by atoms with Gasteiger partial charge in [-0.2, -0.15) is 0 Å². The highest BCUT2D eigenvalue weighted by molar-refractivity contribution is 7.86. The minimum Gasteiger partial charge on any atom is -0.478 e. The van der Waals surface area contributed by atoms with Gasteiger partial charge in [0, 0.05) is 72.1 Å². The summed E-state index contributed by atoms with van der Waals surface area (Å²) in [6, 6.07) is 7.45. The van der Waals surface area contributed by atoms with Crippen LogP contribution in [0.25, 0.3) is 22.2 Å². The number of H-pyrrole nitrogens is 1. The van der Waals surface area contributed by atoms with Crippen LogP contribution in [0.2, 0.25) is 0 Å². The Morgan fingerprint density at radius 2 is 1.95 bits per heavy atom. The largest absolute Gasteiger partial charge is 0.478 e. The zero-order valence-corrected chi connectivity index (χ0v) is 23.4. The number of nitrogens with zero attached hydrogens (tertiary/aromatic N) is 3. The van der Waals surface area contributed by atoms with Gasteiger partial charge in [-0.1, -0.05) is 6.92 Å². The second kappa shape index (κ2) is 13.3. The van der Waals surface area contributed by atoms with Crippen molar-refractivity contribution in [2.75, 3.05) is 49.9 Å². The van der Waals surface area contributed by atoms with Gasteiger partial charge in [-0.25, -0.2) is 23.0 Å². The standard InChI is InChI=1S/C29H31F2N5O4S/c1-2-14-41(38)35-24-6-5-23(30)26(27(24)31)28(37)22-18-34-29-21(22)15-20(17-33-29)19-4-7-25(32-16-19)40-11-3-8-36-9-12-39-13-10-36/h4-7,15-18,35H,2-3,8-14H2,1H3,(H,33,34). The van der Waals surface area contributed by atoms with Crippen molar-refractivity contribution in [3.05, 3.63) is 71.7 Å². The highest BCUT2D eigenvalue weighted by Gasteiger charge is 2.25. The van der Waals surface area contributed by atoms with Gasteiger partial charge in [-0.05, 0) is 37.1 Å². The Labute approximate surface area is 238 Å². The second-order valence-electron chi connectivity index (χ2n) is 9.63. The van der Waals surface area contributed by atoms with Crippen molar-refractivity contribution in [2.45, 2.75) is 19.8 Å². The van der Waals surface area contributed by atoms with E-state index in [9.17, 15) is 13.4 Å². The van der Waals surface area contributed by atoms with E-state index >= 15 is 4.39 Å². The molecule has 0 spiro atoms. The van der Waals surface area contributed by atoms with Crippen LogP contribution < -0.4 is 9.46 Å². The predicted molar refractivity (Wildman–Crippen MR) is 153 cm³/mol. The number of rotatable bonds is 12. The number of carbonyl (C=O) groups excluding carboxylic acids is 1. The Hall–Kier alpha value is -3.74. The number of halogens is 2. The van der Waals surface area contributed by atoms with Crippen LogP contribution in [0.3, 0.4) is 0 Å². The summed E-state index contributed by atoms with van der Waals surface area (Å²) in [5.74, 6) is -2.17. The maximum Gasteiger partial charge on any atom is 0.213 e. The first-order valence-corrected chi connectivity index (χ1v) is 14.8. The third kappa shape index (κ3) is 6.77. The number of aromatic nitrogens is 3. The SMILES string of the molecule is CCCS(=O)Nc1ccc(F)c(C(=O)c2c[nH]c3ncc(-c4ccc(OCCCN5CCOCC5)nc4)cc23)c1F. The topological polar surface area (TPSA) is 109 Å². The average Bonchev–Trinajstić information content (AvgIpc) is 3.41. The molecule has 5 rings (SSSR count). The van der Waals surface area contributed by atoms with Crippen LogP contribution in [0, 0.1) is 11.6 Å². The van der Waals surface area contributed by atoms with Crippen molar-refractivity contribution in [1.29, 1.82) is 0 Å². The summed E-state index contributed by atoms with van der Waals surface area (Å²) in [5.41, 5.74) is 0.934. The van der Waals surface area contributed by atoms with Gasteiger partial charge in [0.15, 0.2) is 5.82 Å². The number of fused-ring (bicyclic) bond motifs is 1. The van der Waals surface area contributed by atoms with Crippen molar-refractivity contribution < 1.29 is 27.3 Å². The molecule has 0 bridgehead atoms. The fourth-order valence-corrected chi connectivity index (χ4v) is 5.48. The molecule has 9 nitrogen and oxygen atoms in total. The molecule has 41 heavy (non-hydrogen) atoms. The molecule has 3 aromatic heterocycles. The van der Waals surface area contributed by atoms with Crippen LogP contribution >= 0.6 is 0 Å². The molecule has 1 saturated heterocycles. The van der Waals surface area contributed by atoms with Gasteiger partial charge in [-0.15, -0.1) is 0 Å². The van der Waals surface area contributed by atoms with Crippen LogP contribution in [0.5, 0.6) is 5.88 Å². The molecular formula is C29H31F2N5O4S. The Morgan fingerprint density at radius 3 is 2.71 bits per heavy atom. The molecule has 2 N–H and O–H groups in total. The number of ether oxygens (including phenoxy) is 2. The monoisotopic (exact) mass is 583 g/mol. The van der Waals surface area contributed by atoms with E-state index < -0.39 is 34.0 Å². The molecule has 0 aliphatic carbocycles. The van der Waals surface area contributed by atoms with E-state index in [4.69, 9.17) is 9.47 Å². The van der Waals surface area contributed by atoms with E-state index in [-0.39, 0.29) is 17.0 Å². The van der Waals surface area contributed by atoms with Gasteiger partial charge >= 0.3 is 0 Å². The fourth-order valence-electron chi connectivity index (χ4n) is 4.61. The zero-order chi connectivity index (χ0) is 28.8. The number of hydrogen-bond acceptors (Lipinski definition) is 7. The van der Waals surface area contributed by atoms with Gasteiger partial charge in [0.2, 0.25) is 11.7 Å². The number of morpholine rings is 1. The maximum absolute atomic E-state index is 15.3. The quantitative estimate of drug-likeness (QED) is 0.184. The fraction of sp³-hybridized carbons (Fsp3) is 0.345. The molecule has 0 saturated carbocycles. The average molecular weight is 584 g/mol. The van der Waals surface area contributed by atoms with E-state index in [1.54, 1.807) is 24.5 Å². The lowest BCUT2D eigenvalue weighted by molar-refractivity contribution is 0.0357. The number of anilines is 1. The van der Waals surface area contributed by atoms with E-state index in [2.05, 4.69) is 24.6 Å². The van der Waals surface area contributed by atoms with Gasteiger partial charge < -0.3 is 19.2 Å². The minimum absolute atomic E-state index is 0.0622. The molecule has 1 atom stereocenters. The van der Waals surface area contributed by atoms with E-state index in [0.717, 1.165) is 57.0 Å². The Bertz CT molecular complexity index is 1540. The van der Waals surface area contributed by atoms with Gasteiger partial charge in [-0.3, -0.25) is 9.69 Å². The van der Waals surface area contributed by atoms with Crippen LogP contribution in [0.15, 0.2) is 48.9 Å². The van der Waals surface area contributed by atoms with Crippen LogP contribution in [0.1, 0.15) is 35.7 Å². The molecular weight excluding hydrogens is 552 g/mol. The number of pyridine rings is 2. The summed E-state index contributed by atoms with van der Waals surface area (Å²) in [4.78, 5) is 27.4. The lowest BCUT2D eigenvalue weighted by atomic mass is 10.00. The van der Waals surface area contributed by atoms with Gasteiger partial charge in [0.1, 0.15) is 22.5 Å². The molecule has 0 amide bonds. The summed E-state index contributed by atoms with van der Waals surface area (Å²) in [6.45, 7) is 6.74. The van der Waals surface area contributed by atoms with Crippen molar-refractivity contribution >= 4 is 33.5 Å². The summed E-state index contributed by atoms with van der Waals surface area (Å²) in [6.07, 6.45) is 6.15. The number of ketones is 1. The Morgan fingerprint density at radius 1 is 1.15 bits per heavy atom. The van der Waals surface area contributed by atoms with Crippen molar-refractivity contribution in [2.24, 2.45) is 0 Å². The molecule has 1 aliphatic rings. The number of hydrogen-bond donors (Lipinski definition) is 2. The van der Waals surface area contributed by atoms with Gasteiger partial charge in [0.25, 0.3) is 0 Å². The highest BCUT2D eigenvalue weighted by Crippen LogP contribution is 2.29. The number of carbonyl (C=O) groups is 1. The molecule has 1 aromatic carbocycles. The lowest BCUT2D eigenvalue weighted by Gasteiger charge is -2.26. The summed E-state index contributed by atoms with van der Waals surface area (Å²) in [7, 11) is -1.56. The van der Waals surface area contributed by atoms with E-state index in [0.29, 0.717) is 35.5 Å². The molecule has 216 valence electrons. The predicted octanol–water partition coefficient (Wildman–Crippen LogP) is 4.72. The molecule has 12 heteroatoms. The molecule has 4 aromatic rings.